The molecule has 0 aliphatic carbocycles. The number of carbonyl (C=O) groups excluding carboxylic acids is 1. The lowest BCUT2D eigenvalue weighted by atomic mass is 10.1. The van der Waals surface area contributed by atoms with Crippen LogP contribution in [0.4, 0.5) is 0 Å². The largest absolute Gasteiger partial charge is 0.370 e. The number of morpholine rings is 1. The van der Waals surface area contributed by atoms with Gasteiger partial charge in [0.15, 0.2) is 0 Å². The number of rotatable bonds is 5. The van der Waals surface area contributed by atoms with Gasteiger partial charge in [-0.05, 0) is 12.1 Å². The van der Waals surface area contributed by atoms with Gasteiger partial charge in [-0.1, -0.05) is 12.1 Å². The van der Waals surface area contributed by atoms with Crippen LogP contribution in [0.1, 0.15) is 16.8 Å². The lowest BCUT2D eigenvalue weighted by Gasteiger charge is -2.23. The van der Waals surface area contributed by atoms with Crippen LogP contribution < -0.4 is 10.2 Å². The number of quaternary nitrogens is 1. The molecule has 3 rings (SSSR count). The fourth-order valence-electron chi connectivity index (χ4n) is 2.82. The van der Waals surface area contributed by atoms with Crippen molar-refractivity contribution >= 4 is 16.8 Å². The maximum atomic E-state index is 12.2. The standard InChI is InChI=1S/C16H21N3O2/c20-16(14-4-1-3-13-5-7-17-15(13)14)18-6-2-8-19-9-11-21-12-10-19/h1,3-5,7,17H,2,6,8-12H2,(H,18,20)/p+1. The first-order valence-electron chi connectivity index (χ1n) is 7.60. The highest BCUT2D eigenvalue weighted by Crippen LogP contribution is 2.16. The number of nitrogens with one attached hydrogen (secondary N) is 3. The van der Waals surface area contributed by atoms with Crippen LogP contribution in [0.15, 0.2) is 30.5 Å². The second-order valence-electron chi connectivity index (χ2n) is 5.47. The van der Waals surface area contributed by atoms with Crippen LogP contribution in [-0.2, 0) is 4.74 Å². The minimum Gasteiger partial charge on any atom is -0.370 e. The number of ether oxygens (including phenoxy) is 1. The van der Waals surface area contributed by atoms with E-state index in [-0.39, 0.29) is 5.91 Å². The summed E-state index contributed by atoms with van der Waals surface area (Å²) < 4.78 is 5.34. The molecule has 0 saturated carbocycles. The Hall–Kier alpha value is -1.85. The van der Waals surface area contributed by atoms with Crippen molar-refractivity contribution in [2.75, 3.05) is 39.4 Å². The highest BCUT2D eigenvalue weighted by molar-refractivity contribution is 6.05. The molecule has 1 fully saturated rings. The molecule has 0 bridgehead atoms. The Morgan fingerprint density at radius 1 is 1.29 bits per heavy atom. The summed E-state index contributed by atoms with van der Waals surface area (Å²) in [5.74, 6) is 0.0000255. The Balaban J connectivity index is 1.49. The molecule has 0 unspecified atom stereocenters. The summed E-state index contributed by atoms with van der Waals surface area (Å²) in [5, 5.41) is 4.09. The third-order valence-electron chi connectivity index (χ3n) is 4.02. The number of aromatic nitrogens is 1. The van der Waals surface area contributed by atoms with Crippen molar-refractivity contribution < 1.29 is 14.4 Å². The fourth-order valence-corrected chi connectivity index (χ4v) is 2.82. The monoisotopic (exact) mass is 288 g/mol. The highest BCUT2D eigenvalue weighted by atomic mass is 16.5. The van der Waals surface area contributed by atoms with E-state index in [9.17, 15) is 4.79 Å². The summed E-state index contributed by atoms with van der Waals surface area (Å²) in [6.07, 6.45) is 2.87. The van der Waals surface area contributed by atoms with Crippen LogP contribution in [0.2, 0.25) is 0 Å². The molecule has 0 atom stereocenters. The maximum Gasteiger partial charge on any atom is 0.253 e. The van der Waals surface area contributed by atoms with Gasteiger partial charge in [0.25, 0.3) is 5.91 Å². The van der Waals surface area contributed by atoms with Gasteiger partial charge in [0, 0.05) is 24.5 Å². The van der Waals surface area contributed by atoms with E-state index >= 15 is 0 Å². The van der Waals surface area contributed by atoms with E-state index in [0.717, 1.165) is 62.3 Å². The first kappa shape index (κ1) is 14.1. The van der Waals surface area contributed by atoms with Gasteiger partial charge in [-0.3, -0.25) is 4.79 Å². The Labute approximate surface area is 124 Å². The lowest BCUT2D eigenvalue weighted by molar-refractivity contribution is -0.908. The number of hydrogen-bond acceptors (Lipinski definition) is 2. The molecule has 1 aliphatic heterocycles. The van der Waals surface area contributed by atoms with Gasteiger partial charge < -0.3 is 19.9 Å². The maximum absolute atomic E-state index is 12.2. The molecule has 1 aromatic heterocycles. The molecule has 5 nitrogen and oxygen atoms in total. The second kappa shape index (κ2) is 6.74. The van der Waals surface area contributed by atoms with Gasteiger partial charge in [0.1, 0.15) is 13.1 Å². The summed E-state index contributed by atoms with van der Waals surface area (Å²) in [4.78, 5) is 17.0. The number of carbonyl (C=O) groups is 1. The average Bonchev–Trinajstić information content (AvgIpc) is 3.01. The van der Waals surface area contributed by atoms with Crippen LogP contribution in [-0.4, -0.2) is 50.3 Å². The molecule has 2 heterocycles. The van der Waals surface area contributed by atoms with Crippen LogP contribution >= 0.6 is 0 Å². The predicted molar refractivity (Wildman–Crippen MR) is 81.6 cm³/mol. The molecule has 112 valence electrons. The normalized spacial score (nSPS) is 16.2. The van der Waals surface area contributed by atoms with E-state index in [1.54, 1.807) is 4.90 Å². The van der Waals surface area contributed by atoms with E-state index in [0.29, 0.717) is 0 Å². The molecule has 1 amide bonds. The van der Waals surface area contributed by atoms with Crippen molar-refractivity contribution in [3.63, 3.8) is 0 Å². The molecule has 0 spiro atoms. The van der Waals surface area contributed by atoms with Gasteiger partial charge in [-0.25, -0.2) is 0 Å². The fraction of sp³-hybridized carbons (Fsp3) is 0.438. The van der Waals surface area contributed by atoms with Crippen LogP contribution in [0, 0.1) is 0 Å². The molecule has 21 heavy (non-hydrogen) atoms. The van der Waals surface area contributed by atoms with Crippen molar-refractivity contribution in [3.8, 4) is 0 Å². The number of fused-ring (bicyclic) bond motifs is 1. The van der Waals surface area contributed by atoms with E-state index < -0.39 is 0 Å². The van der Waals surface area contributed by atoms with Crippen LogP contribution in [0.3, 0.4) is 0 Å². The molecule has 5 heteroatoms. The molecule has 0 radical (unpaired) electrons. The number of para-hydroxylation sites is 1. The van der Waals surface area contributed by atoms with Crippen molar-refractivity contribution in [2.45, 2.75) is 6.42 Å². The van der Waals surface area contributed by atoms with Crippen molar-refractivity contribution in [1.29, 1.82) is 0 Å². The van der Waals surface area contributed by atoms with E-state index in [2.05, 4.69) is 10.3 Å². The summed E-state index contributed by atoms with van der Waals surface area (Å²) in [6, 6.07) is 7.77. The molecule has 1 saturated heterocycles. The lowest BCUT2D eigenvalue weighted by Crippen LogP contribution is -3.14. The minimum atomic E-state index is 0.0000255. The average molecular weight is 288 g/mol. The van der Waals surface area contributed by atoms with Crippen LogP contribution in [0.25, 0.3) is 10.9 Å². The number of H-pyrrole nitrogens is 1. The Morgan fingerprint density at radius 2 is 2.14 bits per heavy atom. The molecule has 3 N–H and O–H groups in total. The molecule has 1 aromatic carbocycles. The third kappa shape index (κ3) is 3.43. The van der Waals surface area contributed by atoms with Crippen molar-refractivity contribution in [2.24, 2.45) is 0 Å². The van der Waals surface area contributed by atoms with Gasteiger partial charge in [0.2, 0.25) is 0 Å². The zero-order valence-corrected chi connectivity index (χ0v) is 12.2. The van der Waals surface area contributed by atoms with Gasteiger partial charge >= 0.3 is 0 Å². The predicted octanol–water partition coefficient (Wildman–Crippen LogP) is 0.203. The zero-order valence-electron chi connectivity index (χ0n) is 12.2. The van der Waals surface area contributed by atoms with Gasteiger partial charge in [0.05, 0.1) is 30.8 Å². The minimum absolute atomic E-state index is 0.0000255. The van der Waals surface area contributed by atoms with E-state index in [1.165, 1.54) is 0 Å². The first-order valence-corrected chi connectivity index (χ1v) is 7.60. The smallest absolute Gasteiger partial charge is 0.253 e. The van der Waals surface area contributed by atoms with E-state index in [4.69, 9.17) is 4.74 Å². The third-order valence-corrected chi connectivity index (χ3v) is 4.02. The highest BCUT2D eigenvalue weighted by Gasteiger charge is 2.14. The summed E-state index contributed by atoms with van der Waals surface area (Å²) in [6.45, 7) is 5.69. The second-order valence-corrected chi connectivity index (χ2v) is 5.47. The molecular weight excluding hydrogens is 266 g/mol. The zero-order chi connectivity index (χ0) is 14.5. The Morgan fingerprint density at radius 3 is 3.00 bits per heavy atom. The number of aromatic amines is 1. The molecular formula is C16H22N3O2+. The topological polar surface area (TPSA) is 58.6 Å². The van der Waals surface area contributed by atoms with Crippen molar-refractivity contribution in [3.05, 3.63) is 36.0 Å². The van der Waals surface area contributed by atoms with Gasteiger partial charge in [-0.2, -0.15) is 0 Å². The number of hydrogen-bond donors (Lipinski definition) is 3. The number of amides is 1. The quantitative estimate of drug-likeness (QED) is 0.689. The molecule has 1 aliphatic rings. The van der Waals surface area contributed by atoms with E-state index in [1.807, 2.05) is 30.5 Å². The summed E-state index contributed by atoms with van der Waals surface area (Å²) >= 11 is 0. The summed E-state index contributed by atoms with van der Waals surface area (Å²) in [7, 11) is 0. The van der Waals surface area contributed by atoms with Crippen molar-refractivity contribution in [1.82, 2.24) is 10.3 Å². The molecule has 2 aromatic rings. The Kier molecular flexibility index (Phi) is 4.52. The summed E-state index contributed by atoms with van der Waals surface area (Å²) in [5.41, 5.74) is 1.63. The van der Waals surface area contributed by atoms with Crippen LogP contribution in [0.5, 0.6) is 0 Å². The first-order chi connectivity index (χ1) is 10.3. The van der Waals surface area contributed by atoms with Gasteiger partial charge in [-0.15, -0.1) is 0 Å². The number of benzene rings is 1. The Bertz CT molecular complexity index is 602. The SMILES string of the molecule is O=C(NCCC[NH+]1CCOCC1)c1cccc2cc[nH]c12.